The molecule has 106 valence electrons. The summed E-state index contributed by atoms with van der Waals surface area (Å²) in [5, 5.41) is 0.546. The topological polar surface area (TPSA) is 53.4 Å². The van der Waals surface area contributed by atoms with Crippen LogP contribution in [-0.2, 0) is 13.7 Å². The number of benzene rings is 1. The summed E-state index contributed by atoms with van der Waals surface area (Å²) < 4.78 is 12.9. The van der Waals surface area contributed by atoms with E-state index < -0.39 is 0 Å². The molecular formula is C14H15ClN2O3. The number of carbonyl (C=O) groups excluding carboxylic acids is 1. The van der Waals surface area contributed by atoms with Gasteiger partial charge in [0, 0.05) is 12.6 Å². The van der Waals surface area contributed by atoms with E-state index in [4.69, 9.17) is 21.1 Å². The average Bonchev–Trinajstić information content (AvgIpc) is 2.78. The first kappa shape index (κ1) is 14.4. The predicted octanol–water partition coefficient (Wildman–Crippen LogP) is 2.86. The predicted molar refractivity (Wildman–Crippen MR) is 75.5 cm³/mol. The summed E-state index contributed by atoms with van der Waals surface area (Å²) >= 11 is 5.91. The van der Waals surface area contributed by atoms with Crippen molar-refractivity contribution in [2.75, 3.05) is 6.61 Å². The summed E-state index contributed by atoms with van der Waals surface area (Å²) in [7, 11) is 1.81. The molecule has 0 aliphatic carbocycles. The van der Waals surface area contributed by atoms with E-state index in [2.05, 4.69) is 4.98 Å². The van der Waals surface area contributed by atoms with Gasteiger partial charge < -0.3 is 14.0 Å². The van der Waals surface area contributed by atoms with Crippen molar-refractivity contribution < 1.29 is 14.3 Å². The van der Waals surface area contributed by atoms with Gasteiger partial charge >= 0.3 is 0 Å². The van der Waals surface area contributed by atoms with Crippen LogP contribution in [0.1, 0.15) is 23.1 Å². The van der Waals surface area contributed by atoms with Crippen LogP contribution < -0.4 is 9.47 Å². The van der Waals surface area contributed by atoms with Crippen LogP contribution in [0.2, 0.25) is 5.15 Å². The van der Waals surface area contributed by atoms with E-state index >= 15 is 0 Å². The fourth-order valence-corrected chi connectivity index (χ4v) is 1.83. The molecule has 0 atom stereocenters. The second-order valence-corrected chi connectivity index (χ2v) is 4.49. The van der Waals surface area contributed by atoms with Gasteiger partial charge in [0.2, 0.25) is 0 Å². The van der Waals surface area contributed by atoms with Crippen LogP contribution in [0.25, 0.3) is 0 Å². The molecule has 2 aromatic rings. The number of hydrogen-bond donors (Lipinski definition) is 0. The first-order valence-electron chi connectivity index (χ1n) is 6.16. The molecule has 0 N–H and O–H groups in total. The Hall–Kier alpha value is -2.01. The molecule has 0 saturated carbocycles. The van der Waals surface area contributed by atoms with Crippen molar-refractivity contribution in [3.8, 4) is 11.5 Å². The largest absolute Gasteiger partial charge is 0.490 e. The van der Waals surface area contributed by atoms with Gasteiger partial charge in [0.1, 0.15) is 23.9 Å². The van der Waals surface area contributed by atoms with Crippen molar-refractivity contribution in [3.05, 3.63) is 40.9 Å². The summed E-state index contributed by atoms with van der Waals surface area (Å²) in [5.74, 6) is 1.81. The number of carbonyl (C=O) groups is 1. The normalized spacial score (nSPS) is 10.3. The number of imidazole rings is 1. The molecule has 1 aromatic heterocycles. The molecule has 0 aliphatic rings. The number of nitrogens with zero attached hydrogens (tertiary/aromatic N) is 2. The van der Waals surface area contributed by atoms with E-state index in [9.17, 15) is 4.79 Å². The number of hydrogen-bond acceptors (Lipinski definition) is 4. The van der Waals surface area contributed by atoms with Gasteiger partial charge in [-0.05, 0) is 25.1 Å². The molecule has 0 unspecified atom stereocenters. The minimum atomic E-state index is 0.268. The fourth-order valence-electron chi connectivity index (χ4n) is 1.69. The lowest BCUT2D eigenvalue weighted by Crippen LogP contribution is -2.05. The molecule has 1 aromatic carbocycles. The summed E-state index contributed by atoms with van der Waals surface area (Å²) in [4.78, 5) is 14.9. The molecule has 1 heterocycles. The summed E-state index contributed by atoms with van der Waals surface area (Å²) in [6.45, 7) is 2.63. The van der Waals surface area contributed by atoms with Gasteiger partial charge in [-0.25, -0.2) is 4.98 Å². The number of rotatable bonds is 6. The third-order valence-corrected chi connectivity index (χ3v) is 3.14. The maximum Gasteiger partial charge on any atom is 0.161 e. The summed E-state index contributed by atoms with van der Waals surface area (Å²) in [6.07, 6.45) is 2.34. The Kier molecular flexibility index (Phi) is 4.63. The highest BCUT2D eigenvalue weighted by atomic mass is 35.5. The molecule has 0 fully saturated rings. The molecule has 0 spiro atoms. The average molecular weight is 295 g/mol. The maximum absolute atomic E-state index is 10.8. The lowest BCUT2D eigenvalue weighted by molar-refractivity contribution is 0.112. The quantitative estimate of drug-likeness (QED) is 0.769. The SMILES string of the molecule is CCOc1cc(C=O)ccc1OCc1ncc(Cl)n1C. The molecule has 6 heteroatoms. The Morgan fingerprint density at radius 2 is 2.15 bits per heavy atom. The van der Waals surface area contributed by atoms with Crippen molar-refractivity contribution in [2.45, 2.75) is 13.5 Å². The van der Waals surface area contributed by atoms with Crippen molar-refractivity contribution in [1.82, 2.24) is 9.55 Å². The Balaban J connectivity index is 2.16. The van der Waals surface area contributed by atoms with Crippen LogP contribution >= 0.6 is 11.6 Å². The minimum absolute atomic E-state index is 0.268. The monoisotopic (exact) mass is 294 g/mol. The van der Waals surface area contributed by atoms with Crippen molar-refractivity contribution in [2.24, 2.45) is 7.05 Å². The van der Waals surface area contributed by atoms with Crippen LogP contribution in [0.5, 0.6) is 11.5 Å². The van der Waals surface area contributed by atoms with Gasteiger partial charge in [-0.15, -0.1) is 0 Å². The van der Waals surface area contributed by atoms with Gasteiger partial charge in [0.15, 0.2) is 11.5 Å². The summed E-state index contributed by atoms with van der Waals surface area (Å²) in [5.41, 5.74) is 0.542. The molecular weight excluding hydrogens is 280 g/mol. The number of ether oxygens (including phenoxy) is 2. The zero-order valence-corrected chi connectivity index (χ0v) is 12.1. The van der Waals surface area contributed by atoms with Crippen molar-refractivity contribution >= 4 is 17.9 Å². The van der Waals surface area contributed by atoms with Gasteiger partial charge in [-0.2, -0.15) is 0 Å². The Bertz CT molecular complexity index is 610. The van der Waals surface area contributed by atoms with Crippen LogP contribution in [-0.4, -0.2) is 22.4 Å². The molecule has 2 rings (SSSR count). The van der Waals surface area contributed by atoms with Crippen LogP contribution in [0.3, 0.4) is 0 Å². The highest BCUT2D eigenvalue weighted by Gasteiger charge is 2.09. The van der Waals surface area contributed by atoms with E-state index in [1.54, 1.807) is 29.0 Å². The van der Waals surface area contributed by atoms with Gasteiger partial charge in [-0.3, -0.25) is 4.79 Å². The molecule has 0 amide bonds. The van der Waals surface area contributed by atoms with Gasteiger partial charge in [0.25, 0.3) is 0 Å². The van der Waals surface area contributed by atoms with Crippen LogP contribution in [0.4, 0.5) is 0 Å². The highest BCUT2D eigenvalue weighted by Crippen LogP contribution is 2.28. The van der Waals surface area contributed by atoms with E-state index in [1.807, 2.05) is 14.0 Å². The van der Waals surface area contributed by atoms with E-state index in [0.717, 1.165) is 6.29 Å². The molecule has 0 saturated heterocycles. The van der Waals surface area contributed by atoms with Gasteiger partial charge in [-0.1, -0.05) is 11.6 Å². The molecule has 0 aliphatic heterocycles. The van der Waals surface area contributed by atoms with Crippen molar-refractivity contribution in [1.29, 1.82) is 0 Å². The van der Waals surface area contributed by atoms with E-state index in [1.165, 1.54) is 0 Å². The van der Waals surface area contributed by atoms with Crippen LogP contribution in [0.15, 0.2) is 24.4 Å². The maximum atomic E-state index is 10.8. The molecule has 5 nitrogen and oxygen atoms in total. The van der Waals surface area contributed by atoms with Crippen LogP contribution in [0, 0.1) is 0 Å². The molecule has 20 heavy (non-hydrogen) atoms. The first-order chi connectivity index (χ1) is 9.65. The number of aromatic nitrogens is 2. The molecule has 0 radical (unpaired) electrons. The van der Waals surface area contributed by atoms with E-state index in [0.29, 0.717) is 34.6 Å². The Morgan fingerprint density at radius 3 is 2.75 bits per heavy atom. The highest BCUT2D eigenvalue weighted by molar-refractivity contribution is 6.29. The minimum Gasteiger partial charge on any atom is -0.490 e. The molecule has 0 bridgehead atoms. The number of aldehydes is 1. The fraction of sp³-hybridized carbons (Fsp3) is 0.286. The second-order valence-electron chi connectivity index (χ2n) is 4.10. The Labute approximate surface area is 122 Å². The van der Waals surface area contributed by atoms with E-state index in [-0.39, 0.29) is 6.61 Å². The lowest BCUT2D eigenvalue weighted by Gasteiger charge is -2.12. The standard InChI is InChI=1S/C14H15ClN2O3/c1-3-19-12-6-10(8-18)4-5-11(12)20-9-14-16-7-13(15)17(14)2/h4-8H,3,9H2,1-2H3. The Morgan fingerprint density at radius 1 is 1.35 bits per heavy atom. The second kappa shape index (κ2) is 6.43. The van der Waals surface area contributed by atoms with Gasteiger partial charge in [0.05, 0.1) is 12.8 Å². The summed E-state index contributed by atoms with van der Waals surface area (Å²) in [6, 6.07) is 5.03. The number of halogens is 1. The van der Waals surface area contributed by atoms with Crippen molar-refractivity contribution in [3.63, 3.8) is 0 Å². The zero-order chi connectivity index (χ0) is 14.5. The zero-order valence-electron chi connectivity index (χ0n) is 11.3. The smallest absolute Gasteiger partial charge is 0.161 e. The lowest BCUT2D eigenvalue weighted by atomic mass is 10.2. The third-order valence-electron chi connectivity index (χ3n) is 2.79. The third kappa shape index (κ3) is 3.11. The first-order valence-corrected chi connectivity index (χ1v) is 6.54.